The van der Waals surface area contributed by atoms with Crippen LogP contribution in [0.4, 0.5) is 0 Å². The summed E-state index contributed by atoms with van der Waals surface area (Å²) < 4.78 is 27.4. The van der Waals surface area contributed by atoms with E-state index in [4.69, 9.17) is 23.7 Å². The van der Waals surface area contributed by atoms with E-state index >= 15 is 0 Å². The molecule has 0 amide bonds. The third kappa shape index (κ3) is 6.45. The average Bonchev–Trinajstić information content (AvgIpc) is 3.12. The second-order valence-corrected chi connectivity index (χ2v) is 8.33. The van der Waals surface area contributed by atoms with Gasteiger partial charge in [0.2, 0.25) is 0 Å². The summed E-state index contributed by atoms with van der Waals surface area (Å²) in [6.45, 7) is 4.47. The van der Waals surface area contributed by atoms with Gasteiger partial charge in [-0.15, -0.1) is 0 Å². The summed E-state index contributed by atoms with van der Waals surface area (Å²) in [5.41, 5.74) is 0.558. The summed E-state index contributed by atoms with van der Waals surface area (Å²) in [5.74, 6) is -2.60. The van der Waals surface area contributed by atoms with E-state index in [-0.39, 0.29) is 6.61 Å². The van der Waals surface area contributed by atoms with E-state index in [0.717, 1.165) is 17.3 Å². The number of carbonyl (C=O) groups is 4. The highest BCUT2D eigenvalue weighted by atomic mass is 32.2. The highest BCUT2D eigenvalue weighted by Gasteiger charge is 2.52. The minimum absolute atomic E-state index is 0.283. The number of H-pyrrole nitrogens is 1. The fraction of sp³-hybridized carbons (Fsp3) is 0.476. The first-order valence-corrected chi connectivity index (χ1v) is 10.9. The van der Waals surface area contributed by atoms with Gasteiger partial charge in [-0.1, -0.05) is 23.9 Å². The number of fused-ring (bicyclic) bond motifs is 1. The molecule has 1 aromatic carbocycles. The van der Waals surface area contributed by atoms with Gasteiger partial charge in [0.15, 0.2) is 28.9 Å². The van der Waals surface area contributed by atoms with Crippen molar-refractivity contribution in [2.24, 2.45) is 0 Å². The van der Waals surface area contributed by atoms with Gasteiger partial charge in [-0.2, -0.15) is 0 Å². The molecule has 0 bridgehead atoms. The number of carbonyl (C=O) groups excluding carboxylic acids is 4. The first kappa shape index (κ1) is 24.5. The summed E-state index contributed by atoms with van der Waals surface area (Å²) in [6.07, 6.45) is -4.56. The monoisotopic (exact) mass is 480 g/mol. The molecule has 12 heteroatoms. The van der Waals surface area contributed by atoms with Crippen LogP contribution >= 0.6 is 11.8 Å². The maximum absolute atomic E-state index is 11.9. The zero-order valence-corrected chi connectivity index (χ0v) is 19.2. The molecule has 5 atom stereocenters. The third-order valence-electron chi connectivity index (χ3n) is 4.54. The van der Waals surface area contributed by atoms with E-state index in [0.29, 0.717) is 10.7 Å². The lowest BCUT2D eigenvalue weighted by atomic mass is 9.99. The molecule has 1 N–H and O–H groups in total. The Hall–Kier alpha value is -3.12. The van der Waals surface area contributed by atoms with Gasteiger partial charge in [-0.3, -0.25) is 19.2 Å². The number of benzene rings is 1. The molecular formula is C21H24N2O9S. The number of hydrogen-bond donors (Lipinski definition) is 1. The molecule has 0 unspecified atom stereocenters. The van der Waals surface area contributed by atoms with Crippen molar-refractivity contribution >= 4 is 46.7 Å². The Morgan fingerprint density at radius 2 is 1.52 bits per heavy atom. The Morgan fingerprint density at radius 1 is 0.909 bits per heavy atom. The van der Waals surface area contributed by atoms with Crippen molar-refractivity contribution in [2.45, 2.75) is 62.7 Å². The van der Waals surface area contributed by atoms with Crippen LogP contribution in [0.2, 0.25) is 0 Å². The van der Waals surface area contributed by atoms with Gasteiger partial charge in [0.05, 0.1) is 11.0 Å². The van der Waals surface area contributed by atoms with Crippen LogP contribution in [0, 0.1) is 0 Å². The van der Waals surface area contributed by atoms with Crippen LogP contribution in [0.25, 0.3) is 11.0 Å². The number of thioether (sulfide) groups is 1. The standard InChI is InChI=1S/C21H24N2O9S/c1-10(24)28-9-16-17(29-11(2)25)18(30-12(3)26)19(31-13(4)27)20(32-16)33-21-22-14-7-5-6-8-15(14)23-21/h5-8,16-20H,9H2,1-4H3,(H,22,23)/t16-,17+,18-,19-,20-/m0/s1. The Balaban J connectivity index is 1.98. The van der Waals surface area contributed by atoms with Crippen LogP contribution in [-0.2, 0) is 42.9 Å². The minimum Gasteiger partial charge on any atom is -0.463 e. The third-order valence-corrected chi connectivity index (χ3v) is 5.57. The van der Waals surface area contributed by atoms with Gasteiger partial charge < -0.3 is 28.7 Å². The van der Waals surface area contributed by atoms with Gasteiger partial charge >= 0.3 is 23.9 Å². The van der Waals surface area contributed by atoms with Gasteiger partial charge in [-0.25, -0.2) is 4.98 Å². The Morgan fingerprint density at radius 3 is 2.12 bits per heavy atom. The zero-order chi connectivity index (χ0) is 24.1. The molecule has 11 nitrogen and oxygen atoms in total. The Labute approximate surface area is 193 Å². The summed E-state index contributed by atoms with van der Waals surface area (Å²) in [5, 5.41) is 0.456. The molecular weight excluding hydrogens is 456 g/mol. The number of hydrogen-bond acceptors (Lipinski definition) is 11. The van der Waals surface area contributed by atoms with Crippen LogP contribution in [0.15, 0.2) is 29.4 Å². The fourth-order valence-electron chi connectivity index (χ4n) is 3.38. The van der Waals surface area contributed by atoms with Gasteiger partial charge in [0.25, 0.3) is 0 Å². The molecule has 3 rings (SSSR count). The van der Waals surface area contributed by atoms with Crippen molar-refractivity contribution in [3.63, 3.8) is 0 Å². The molecule has 0 aliphatic carbocycles. The molecule has 1 fully saturated rings. The van der Waals surface area contributed by atoms with Crippen LogP contribution < -0.4 is 0 Å². The Bertz CT molecular complexity index is 1010. The van der Waals surface area contributed by atoms with Crippen molar-refractivity contribution in [1.82, 2.24) is 9.97 Å². The summed E-state index contributed by atoms with van der Waals surface area (Å²) in [7, 11) is 0. The number of aromatic amines is 1. The lowest BCUT2D eigenvalue weighted by Gasteiger charge is -2.43. The summed E-state index contributed by atoms with van der Waals surface area (Å²) >= 11 is 1.09. The van der Waals surface area contributed by atoms with Crippen LogP contribution in [0.5, 0.6) is 0 Å². The first-order chi connectivity index (χ1) is 15.6. The number of esters is 4. The van der Waals surface area contributed by atoms with Crippen molar-refractivity contribution < 1.29 is 42.9 Å². The van der Waals surface area contributed by atoms with Crippen molar-refractivity contribution in [3.05, 3.63) is 24.3 Å². The smallest absolute Gasteiger partial charge is 0.303 e. The van der Waals surface area contributed by atoms with Crippen molar-refractivity contribution in [3.8, 4) is 0 Å². The maximum Gasteiger partial charge on any atom is 0.303 e. The molecule has 1 aliphatic heterocycles. The van der Waals surface area contributed by atoms with Gasteiger partial charge in [0, 0.05) is 27.7 Å². The molecule has 0 radical (unpaired) electrons. The van der Waals surface area contributed by atoms with Crippen LogP contribution in [-0.4, -0.2) is 70.3 Å². The SMILES string of the molecule is CC(=O)OC[C@@H]1O[C@@H](Sc2nc3ccccc3[nH]2)[C@@H](OC(C)=O)[C@@H](OC(C)=O)[C@@H]1OC(C)=O. The number of rotatable bonds is 7. The lowest BCUT2D eigenvalue weighted by molar-refractivity contribution is -0.237. The van der Waals surface area contributed by atoms with E-state index in [9.17, 15) is 19.2 Å². The number of aromatic nitrogens is 2. The second-order valence-electron chi connectivity index (χ2n) is 7.24. The minimum atomic E-state index is -1.22. The number of ether oxygens (including phenoxy) is 5. The predicted molar refractivity (Wildman–Crippen MR) is 114 cm³/mol. The van der Waals surface area contributed by atoms with Crippen molar-refractivity contribution in [1.29, 1.82) is 0 Å². The number of para-hydroxylation sites is 2. The van der Waals surface area contributed by atoms with E-state index in [1.165, 1.54) is 27.7 Å². The highest BCUT2D eigenvalue weighted by Crippen LogP contribution is 2.37. The highest BCUT2D eigenvalue weighted by molar-refractivity contribution is 7.99. The van der Waals surface area contributed by atoms with E-state index in [2.05, 4.69) is 9.97 Å². The maximum atomic E-state index is 11.9. The topological polar surface area (TPSA) is 143 Å². The van der Waals surface area contributed by atoms with Gasteiger partial charge in [0.1, 0.15) is 12.7 Å². The molecule has 0 spiro atoms. The van der Waals surface area contributed by atoms with Crippen LogP contribution in [0.1, 0.15) is 27.7 Å². The Kier molecular flexibility index (Phi) is 7.92. The molecule has 2 heterocycles. The lowest BCUT2D eigenvalue weighted by Crippen LogP contribution is -2.61. The predicted octanol–water partition coefficient (Wildman–Crippen LogP) is 1.74. The summed E-state index contributed by atoms with van der Waals surface area (Å²) in [6, 6.07) is 7.36. The molecule has 1 aromatic heterocycles. The molecule has 0 saturated carbocycles. The molecule has 178 valence electrons. The molecule has 1 saturated heterocycles. The van der Waals surface area contributed by atoms with Crippen molar-refractivity contribution in [2.75, 3.05) is 6.61 Å². The van der Waals surface area contributed by atoms with Crippen LogP contribution in [0.3, 0.4) is 0 Å². The number of nitrogens with one attached hydrogen (secondary N) is 1. The van der Waals surface area contributed by atoms with E-state index in [1.807, 2.05) is 24.3 Å². The first-order valence-electron chi connectivity index (χ1n) is 10.1. The second kappa shape index (κ2) is 10.7. The number of imidazole rings is 1. The normalized spacial score (nSPS) is 24.7. The molecule has 1 aliphatic rings. The zero-order valence-electron chi connectivity index (χ0n) is 18.4. The fourth-order valence-corrected chi connectivity index (χ4v) is 4.46. The summed E-state index contributed by atoms with van der Waals surface area (Å²) in [4.78, 5) is 54.5. The quantitative estimate of drug-likeness (QED) is 0.457. The van der Waals surface area contributed by atoms with E-state index in [1.54, 1.807) is 0 Å². The van der Waals surface area contributed by atoms with E-state index < -0.39 is 53.7 Å². The van der Waals surface area contributed by atoms with Gasteiger partial charge in [-0.05, 0) is 12.1 Å². The molecule has 2 aromatic rings. The largest absolute Gasteiger partial charge is 0.463 e. The molecule has 33 heavy (non-hydrogen) atoms. The number of nitrogens with zero attached hydrogens (tertiary/aromatic N) is 1. The average molecular weight is 480 g/mol.